The van der Waals surface area contributed by atoms with Gasteiger partial charge in [0.2, 0.25) is 10.0 Å². The summed E-state index contributed by atoms with van der Waals surface area (Å²) in [6.45, 7) is 1.12. The van der Waals surface area contributed by atoms with Gasteiger partial charge in [0.25, 0.3) is 0 Å². The zero-order valence-electron chi connectivity index (χ0n) is 8.54. The van der Waals surface area contributed by atoms with Gasteiger partial charge in [-0.3, -0.25) is 4.72 Å². The molecule has 0 amide bonds. The summed E-state index contributed by atoms with van der Waals surface area (Å²) in [5.41, 5.74) is -0.574. The van der Waals surface area contributed by atoms with E-state index < -0.39 is 37.6 Å². The summed E-state index contributed by atoms with van der Waals surface area (Å²) in [7, 11) is -4.08. The van der Waals surface area contributed by atoms with E-state index in [2.05, 4.69) is 0 Å². The molecule has 0 radical (unpaired) electrons. The molecular formula is C9H7ClF2N2O2S. The molecule has 1 rings (SSSR count). The fraction of sp³-hybridized carbons (Fsp3) is 0.222. The van der Waals surface area contributed by atoms with E-state index in [0.29, 0.717) is 6.07 Å². The van der Waals surface area contributed by atoms with E-state index in [4.69, 9.17) is 16.9 Å². The standard InChI is InChI=1S/C9H7ClF2N2O2S/c1-5(4-13)17(15,16)14-9-7(10)2-6(11)3-8(9)12/h2-3,5,14H,1H3. The maximum atomic E-state index is 13.3. The lowest BCUT2D eigenvalue weighted by Gasteiger charge is -2.11. The van der Waals surface area contributed by atoms with Crippen molar-refractivity contribution in [3.63, 3.8) is 0 Å². The van der Waals surface area contributed by atoms with Gasteiger partial charge < -0.3 is 0 Å². The van der Waals surface area contributed by atoms with Crippen molar-refractivity contribution >= 4 is 27.3 Å². The van der Waals surface area contributed by atoms with Gasteiger partial charge in [0, 0.05) is 6.07 Å². The zero-order valence-corrected chi connectivity index (χ0v) is 10.1. The summed E-state index contributed by atoms with van der Waals surface area (Å²) in [4.78, 5) is 0. The quantitative estimate of drug-likeness (QED) is 0.923. The smallest absolute Gasteiger partial charge is 0.248 e. The van der Waals surface area contributed by atoms with E-state index in [1.54, 1.807) is 0 Å². The molecule has 0 spiro atoms. The van der Waals surface area contributed by atoms with Crippen LogP contribution in [0.5, 0.6) is 0 Å². The predicted molar refractivity (Wildman–Crippen MR) is 59.0 cm³/mol. The van der Waals surface area contributed by atoms with Gasteiger partial charge in [0.15, 0.2) is 11.1 Å². The first-order valence-corrected chi connectivity index (χ1v) is 6.26. The number of nitrogens with zero attached hydrogens (tertiary/aromatic N) is 1. The van der Waals surface area contributed by atoms with Crippen molar-refractivity contribution in [2.45, 2.75) is 12.2 Å². The minimum atomic E-state index is -4.08. The van der Waals surface area contributed by atoms with Crippen molar-refractivity contribution in [3.05, 3.63) is 28.8 Å². The third kappa shape index (κ3) is 3.05. The molecule has 92 valence electrons. The van der Waals surface area contributed by atoms with Crippen LogP contribution in [0.25, 0.3) is 0 Å². The highest BCUT2D eigenvalue weighted by Crippen LogP contribution is 2.27. The van der Waals surface area contributed by atoms with Crippen molar-refractivity contribution in [1.82, 2.24) is 0 Å². The van der Waals surface area contributed by atoms with Crippen LogP contribution >= 0.6 is 11.6 Å². The SMILES string of the molecule is CC(C#N)S(=O)(=O)Nc1c(F)cc(F)cc1Cl. The van der Waals surface area contributed by atoms with Crippen molar-refractivity contribution in [2.24, 2.45) is 0 Å². The van der Waals surface area contributed by atoms with E-state index in [1.807, 2.05) is 4.72 Å². The lowest BCUT2D eigenvalue weighted by molar-refractivity contribution is 0.582. The first kappa shape index (κ1) is 13.7. The van der Waals surface area contributed by atoms with Gasteiger partial charge in [0.1, 0.15) is 11.5 Å². The summed E-state index contributed by atoms with van der Waals surface area (Å²) in [5, 5.41) is 6.67. The first-order chi connectivity index (χ1) is 7.77. The van der Waals surface area contributed by atoms with Crippen molar-refractivity contribution in [1.29, 1.82) is 5.26 Å². The van der Waals surface area contributed by atoms with Crippen molar-refractivity contribution < 1.29 is 17.2 Å². The Balaban J connectivity index is 3.18. The maximum absolute atomic E-state index is 13.3. The van der Waals surface area contributed by atoms with Gasteiger partial charge in [-0.2, -0.15) is 5.26 Å². The Morgan fingerprint density at radius 1 is 1.47 bits per heavy atom. The van der Waals surface area contributed by atoms with Gasteiger partial charge in [-0.1, -0.05) is 11.6 Å². The van der Waals surface area contributed by atoms with Gasteiger partial charge in [-0.15, -0.1) is 0 Å². The second-order valence-electron chi connectivity index (χ2n) is 3.16. The molecule has 0 heterocycles. The third-order valence-corrected chi connectivity index (χ3v) is 3.72. The summed E-state index contributed by atoms with van der Waals surface area (Å²) >= 11 is 5.50. The van der Waals surface area contributed by atoms with Gasteiger partial charge in [-0.05, 0) is 13.0 Å². The van der Waals surface area contributed by atoms with Crippen molar-refractivity contribution in [2.75, 3.05) is 4.72 Å². The topological polar surface area (TPSA) is 70.0 Å². The molecule has 1 N–H and O–H groups in total. The monoisotopic (exact) mass is 280 g/mol. The number of hydrogen-bond donors (Lipinski definition) is 1. The Morgan fingerprint density at radius 2 is 2.06 bits per heavy atom. The second kappa shape index (κ2) is 4.85. The Morgan fingerprint density at radius 3 is 2.53 bits per heavy atom. The van der Waals surface area contributed by atoms with E-state index in [1.165, 1.54) is 6.07 Å². The molecular weight excluding hydrogens is 274 g/mol. The summed E-state index contributed by atoms with van der Waals surface area (Å²) in [6.07, 6.45) is 0. The first-order valence-electron chi connectivity index (χ1n) is 4.33. The average molecular weight is 281 g/mol. The molecule has 0 aliphatic heterocycles. The maximum Gasteiger partial charge on any atom is 0.248 e. The molecule has 0 aromatic heterocycles. The van der Waals surface area contributed by atoms with Crippen molar-refractivity contribution in [3.8, 4) is 6.07 Å². The predicted octanol–water partition coefficient (Wildman–Crippen LogP) is 2.27. The Kier molecular flexibility index (Phi) is 3.91. The third-order valence-electron chi connectivity index (χ3n) is 1.90. The highest BCUT2D eigenvalue weighted by molar-refractivity contribution is 7.93. The molecule has 1 unspecified atom stereocenters. The molecule has 0 saturated carbocycles. The highest BCUT2D eigenvalue weighted by atomic mass is 35.5. The molecule has 0 aliphatic rings. The Labute approximate surface area is 102 Å². The van der Waals surface area contributed by atoms with Crippen LogP contribution in [0, 0.1) is 23.0 Å². The number of nitriles is 1. The Bertz CT molecular complexity index is 560. The van der Waals surface area contributed by atoms with Gasteiger partial charge in [-0.25, -0.2) is 17.2 Å². The van der Waals surface area contributed by atoms with Crippen LogP contribution in [0.15, 0.2) is 12.1 Å². The van der Waals surface area contributed by atoms with E-state index >= 15 is 0 Å². The summed E-state index contributed by atoms with van der Waals surface area (Å²) < 4.78 is 50.7. The molecule has 0 fully saturated rings. The van der Waals surface area contributed by atoms with Gasteiger partial charge in [0.05, 0.1) is 11.1 Å². The van der Waals surface area contributed by atoms with E-state index in [9.17, 15) is 17.2 Å². The number of nitrogens with one attached hydrogen (secondary N) is 1. The number of benzene rings is 1. The fourth-order valence-electron chi connectivity index (χ4n) is 0.940. The molecule has 8 heteroatoms. The minimum absolute atomic E-state index is 0.420. The molecule has 0 bridgehead atoms. The molecule has 0 aliphatic carbocycles. The normalized spacial score (nSPS) is 12.9. The molecule has 1 aromatic carbocycles. The van der Waals surface area contributed by atoms with Crippen LogP contribution in [-0.2, 0) is 10.0 Å². The fourth-order valence-corrected chi connectivity index (χ4v) is 2.05. The van der Waals surface area contributed by atoms with Crippen LogP contribution in [0.4, 0.5) is 14.5 Å². The second-order valence-corrected chi connectivity index (χ2v) is 5.57. The number of anilines is 1. The van der Waals surface area contributed by atoms with Crippen LogP contribution in [0.1, 0.15) is 6.92 Å². The van der Waals surface area contributed by atoms with Gasteiger partial charge >= 0.3 is 0 Å². The largest absolute Gasteiger partial charge is 0.278 e. The number of sulfonamides is 1. The van der Waals surface area contributed by atoms with Crippen LogP contribution in [0.2, 0.25) is 5.02 Å². The summed E-state index contributed by atoms with van der Waals surface area (Å²) in [6, 6.07) is 2.74. The molecule has 0 saturated heterocycles. The van der Waals surface area contributed by atoms with E-state index in [-0.39, 0.29) is 0 Å². The molecule has 4 nitrogen and oxygen atoms in total. The van der Waals surface area contributed by atoms with E-state index in [0.717, 1.165) is 13.0 Å². The number of hydrogen-bond acceptors (Lipinski definition) is 3. The number of rotatable bonds is 3. The number of halogens is 3. The highest BCUT2D eigenvalue weighted by Gasteiger charge is 2.23. The van der Waals surface area contributed by atoms with Crippen LogP contribution < -0.4 is 4.72 Å². The Hall–Kier alpha value is -1.39. The minimum Gasteiger partial charge on any atom is -0.278 e. The average Bonchev–Trinajstić information content (AvgIpc) is 2.22. The van der Waals surface area contributed by atoms with Crippen LogP contribution in [-0.4, -0.2) is 13.7 Å². The lowest BCUT2D eigenvalue weighted by atomic mass is 10.3. The summed E-state index contributed by atoms with van der Waals surface area (Å²) in [5.74, 6) is -2.08. The van der Waals surface area contributed by atoms with Crippen LogP contribution in [0.3, 0.4) is 0 Å². The zero-order chi connectivity index (χ0) is 13.2. The molecule has 1 aromatic rings. The molecule has 17 heavy (non-hydrogen) atoms. The molecule has 1 atom stereocenters. The lowest BCUT2D eigenvalue weighted by Crippen LogP contribution is -2.24.